The van der Waals surface area contributed by atoms with Crippen molar-refractivity contribution in [3.63, 3.8) is 0 Å². The molecule has 0 aromatic carbocycles. The van der Waals surface area contributed by atoms with Crippen LogP contribution in [0.1, 0.15) is 31.2 Å². The van der Waals surface area contributed by atoms with E-state index in [0.717, 1.165) is 12.8 Å². The highest BCUT2D eigenvalue weighted by Gasteiger charge is 2.38. The molecule has 0 aliphatic heterocycles. The van der Waals surface area contributed by atoms with E-state index >= 15 is 0 Å². The van der Waals surface area contributed by atoms with Crippen LogP contribution in [0.3, 0.4) is 0 Å². The molecule has 1 aromatic heterocycles. The molecule has 1 fully saturated rings. The fraction of sp³-hybridized carbons (Fsp3) is 0.692. The summed E-state index contributed by atoms with van der Waals surface area (Å²) in [4.78, 5) is 0. The average Bonchev–Trinajstić information content (AvgIpc) is 2.74. The van der Waals surface area contributed by atoms with Crippen molar-refractivity contribution in [2.75, 3.05) is 14.2 Å². The van der Waals surface area contributed by atoms with Gasteiger partial charge in [0.25, 0.3) is 0 Å². The Morgan fingerprint density at radius 3 is 2.81 bits per heavy atom. The molecule has 1 unspecified atom stereocenters. The number of ether oxygens (including phenoxy) is 1. The predicted octanol–water partition coefficient (Wildman–Crippen LogP) is 2.84. The third-order valence-electron chi connectivity index (χ3n) is 3.79. The van der Waals surface area contributed by atoms with Crippen molar-refractivity contribution < 1.29 is 4.74 Å². The first-order valence-electron chi connectivity index (χ1n) is 6.01. The zero-order valence-corrected chi connectivity index (χ0v) is 11.0. The van der Waals surface area contributed by atoms with E-state index in [0.29, 0.717) is 6.04 Å². The van der Waals surface area contributed by atoms with E-state index in [1.807, 2.05) is 7.11 Å². The second kappa shape index (κ2) is 5.30. The fourth-order valence-electron chi connectivity index (χ4n) is 2.48. The van der Waals surface area contributed by atoms with Crippen molar-refractivity contribution in [1.82, 2.24) is 5.32 Å². The second-order valence-electron chi connectivity index (χ2n) is 4.77. The highest BCUT2D eigenvalue weighted by molar-refractivity contribution is 7.07. The lowest BCUT2D eigenvalue weighted by Gasteiger charge is -2.42. The normalized spacial score (nSPS) is 20.4. The Bertz CT molecular complexity index is 300. The Morgan fingerprint density at radius 2 is 2.38 bits per heavy atom. The third kappa shape index (κ3) is 2.65. The van der Waals surface area contributed by atoms with Gasteiger partial charge in [0.05, 0.1) is 5.60 Å². The second-order valence-corrected chi connectivity index (χ2v) is 5.55. The van der Waals surface area contributed by atoms with Gasteiger partial charge in [0.2, 0.25) is 0 Å². The highest BCUT2D eigenvalue weighted by Crippen LogP contribution is 2.39. The molecule has 2 nitrogen and oxygen atoms in total. The standard InChI is InChI=1S/C13H21NOS/c1-14-12(8-11-4-7-16-10-11)9-13(15-2)5-3-6-13/h4,7,10,12,14H,3,5-6,8-9H2,1-2H3. The Morgan fingerprint density at radius 1 is 1.56 bits per heavy atom. The van der Waals surface area contributed by atoms with E-state index in [9.17, 15) is 0 Å². The molecule has 0 spiro atoms. The molecule has 1 aliphatic rings. The van der Waals surface area contributed by atoms with E-state index in [2.05, 4.69) is 29.2 Å². The number of nitrogens with one attached hydrogen (secondary N) is 1. The number of hydrogen-bond acceptors (Lipinski definition) is 3. The van der Waals surface area contributed by atoms with Crippen molar-refractivity contribution >= 4 is 11.3 Å². The molecule has 0 radical (unpaired) electrons. The van der Waals surface area contributed by atoms with Crippen LogP contribution in [-0.2, 0) is 11.2 Å². The SMILES string of the molecule is CNC(Cc1ccsc1)CC1(OC)CCC1. The molecule has 1 aliphatic carbocycles. The molecule has 90 valence electrons. The largest absolute Gasteiger partial charge is 0.378 e. The molecule has 1 saturated carbocycles. The Kier molecular flexibility index (Phi) is 4.00. The summed E-state index contributed by atoms with van der Waals surface area (Å²) in [5.41, 5.74) is 1.61. The lowest BCUT2D eigenvalue weighted by Crippen LogP contribution is -2.45. The van der Waals surface area contributed by atoms with E-state index in [4.69, 9.17) is 4.74 Å². The van der Waals surface area contributed by atoms with Gasteiger partial charge in [0.15, 0.2) is 0 Å². The van der Waals surface area contributed by atoms with Crippen molar-refractivity contribution in [3.05, 3.63) is 22.4 Å². The van der Waals surface area contributed by atoms with Gasteiger partial charge in [-0.25, -0.2) is 0 Å². The summed E-state index contributed by atoms with van der Waals surface area (Å²) in [5, 5.41) is 7.81. The maximum absolute atomic E-state index is 5.69. The number of likely N-dealkylation sites (N-methyl/N-ethyl adjacent to an activating group) is 1. The third-order valence-corrected chi connectivity index (χ3v) is 4.52. The average molecular weight is 239 g/mol. The first-order chi connectivity index (χ1) is 7.78. The van der Waals surface area contributed by atoms with Gasteiger partial charge >= 0.3 is 0 Å². The van der Waals surface area contributed by atoms with Gasteiger partial charge in [-0.05, 0) is 61.5 Å². The number of rotatable bonds is 6. The van der Waals surface area contributed by atoms with Gasteiger partial charge in [-0.15, -0.1) is 0 Å². The maximum Gasteiger partial charge on any atom is 0.0693 e. The van der Waals surface area contributed by atoms with E-state index in [1.165, 1.54) is 24.8 Å². The van der Waals surface area contributed by atoms with Gasteiger partial charge < -0.3 is 10.1 Å². The minimum absolute atomic E-state index is 0.170. The summed E-state index contributed by atoms with van der Waals surface area (Å²) in [5.74, 6) is 0. The van der Waals surface area contributed by atoms with E-state index in [-0.39, 0.29) is 5.60 Å². The van der Waals surface area contributed by atoms with Crippen LogP contribution < -0.4 is 5.32 Å². The highest BCUT2D eigenvalue weighted by atomic mass is 32.1. The van der Waals surface area contributed by atoms with Crippen molar-refractivity contribution in [2.45, 2.75) is 43.7 Å². The van der Waals surface area contributed by atoms with Crippen LogP contribution in [0.2, 0.25) is 0 Å². The lowest BCUT2D eigenvalue weighted by atomic mass is 9.75. The monoisotopic (exact) mass is 239 g/mol. The molecule has 1 atom stereocenters. The summed E-state index contributed by atoms with van der Waals surface area (Å²) in [7, 11) is 3.91. The zero-order valence-electron chi connectivity index (χ0n) is 10.2. The number of hydrogen-bond donors (Lipinski definition) is 1. The van der Waals surface area contributed by atoms with Crippen LogP contribution >= 0.6 is 11.3 Å². The van der Waals surface area contributed by atoms with Crippen LogP contribution in [0.25, 0.3) is 0 Å². The van der Waals surface area contributed by atoms with Crippen LogP contribution in [-0.4, -0.2) is 25.8 Å². The van der Waals surface area contributed by atoms with Crippen molar-refractivity contribution in [1.29, 1.82) is 0 Å². The van der Waals surface area contributed by atoms with Crippen molar-refractivity contribution in [3.8, 4) is 0 Å². The molecule has 1 heterocycles. The van der Waals surface area contributed by atoms with Gasteiger partial charge in [0, 0.05) is 13.2 Å². The minimum atomic E-state index is 0.170. The number of thiophene rings is 1. The minimum Gasteiger partial charge on any atom is -0.378 e. The van der Waals surface area contributed by atoms with E-state index < -0.39 is 0 Å². The van der Waals surface area contributed by atoms with Crippen LogP contribution in [0, 0.1) is 0 Å². The molecule has 2 rings (SSSR count). The van der Waals surface area contributed by atoms with Gasteiger partial charge in [-0.1, -0.05) is 0 Å². The first-order valence-corrected chi connectivity index (χ1v) is 6.96. The molecule has 0 bridgehead atoms. The Labute approximate surface area is 102 Å². The molecule has 16 heavy (non-hydrogen) atoms. The summed E-state index contributed by atoms with van der Waals surface area (Å²) in [6.07, 6.45) is 6.03. The van der Waals surface area contributed by atoms with Crippen LogP contribution in [0.15, 0.2) is 16.8 Å². The summed E-state index contributed by atoms with van der Waals surface area (Å²) >= 11 is 1.78. The lowest BCUT2D eigenvalue weighted by molar-refractivity contribution is -0.0830. The van der Waals surface area contributed by atoms with Gasteiger partial charge in [0.1, 0.15) is 0 Å². The van der Waals surface area contributed by atoms with E-state index in [1.54, 1.807) is 11.3 Å². The van der Waals surface area contributed by atoms with Gasteiger partial charge in [-0.3, -0.25) is 0 Å². The summed E-state index contributed by atoms with van der Waals surface area (Å²) in [6, 6.07) is 2.75. The zero-order chi connectivity index (χ0) is 11.4. The quantitative estimate of drug-likeness (QED) is 0.824. The molecule has 1 aromatic rings. The number of methoxy groups -OCH3 is 1. The Hall–Kier alpha value is -0.380. The fourth-order valence-corrected chi connectivity index (χ4v) is 3.16. The van der Waals surface area contributed by atoms with Crippen molar-refractivity contribution in [2.24, 2.45) is 0 Å². The summed E-state index contributed by atoms with van der Waals surface area (Å²) < 4.78 is 5.69. The van der Waals surface area contributed by atoms with Crippen LogP contribution in [0.5, 0.6) is 0 Å². The molecule has 3 heteroatoms. The summed E-state index contributed by atoms with van der Waals surface area (Å²) in [6.45, 7) is 0. The molecule has 0 amide bonds. The maximum atomic E-state index is 5.69. The molecular formula is C13H21NOS. The topological polar surface area (TPSA) is 21.3 Å². The predicted molar refractivity (Wildman–Crippen MR) is 69.1 cm³/mol. The Balaban J connectivity index is 1.90. The molecule has 0 saturated heterocycles. The first kappa shape index (κ1) is 12.1. The molecule has 1 N–H and O–H groups in total. The smallest absolute Gasteiger partial charge is 0.0693 e. The van der Waals surface area contributed by atoms with Crippen LogP contribution in [0.4, 0.5) is 0 Å². The molecular weight excluding hydrogens is 218 g/mol. The van der Waals surface area contributed by atoms with Gasteiger partial charge in [-0.2, -0.15) is 11.3 Å².